The highest BCUT2D eigenvalue weighted by molar-refractivity contribution is 6.38. The van der Waals surface area contributed by atoms with Gasteiger partial charge in [0, 0.05) is 30.2 Å². The maximum absolute atomic E-state index is 14.7. The molecule has 5 N–H and O–H groups in total. The number of carbonyl (C=O) groups is 6. The molecule has 7 rings (SSSR count). The fraction of sp³-hybridized carbons (Fsp3) is 0.762. The van der Waals surface area contributed by atoms with Crippen molar-refractivity contribution in [1.82, 2.24) is 31.5 Å². The predicted octanol–water partition coefficient (Wildman–Crippen LogP) is 4.29. The van der Waals surface area contributed by atoms with E-state index in [0.29, 0.717) is 30.7 Å². The average Bonchev–Trinajstić information content (AvgIpc) is 3.39. The van der Waals surface area contributed by atoms with Crippen LogP contribution >= 0.6 is 0 Å². The van der Waals surface area contributed by atoms with E-state index in [0.717, 1.165) is 51.4 Å². The van der Waals surface area contributed by atoms with Gasteiger partial charge in [-0.3, -0.25) is 24.0 Å². The summed E-state index contributed by atoms with van der Waals surface area (Å²) in [5, 5.41) is 14.8. The summed E-state index contributed by atoms with van der Waals surface area (Å²) < 4.78 is 0. The van der Waals surface area contributed by atoms with Crippen LogP contribution in [0.5, 0.6) is 0 Å². The molecule has 12 nitrogen and oxygen atoms in total. The number of piperidine rings is 1. The molecule has 1 aliphatic heterocycles. The number of ketones is 1. The molecule has 0 aromatic carbocycles. The molecule has 1 saturated heterocycles. The zero-order valence-corrected chi connectivity index (χ0v) is 33.1. The lowest BCUT2D eigenvalue weighted by Gasteiger charge is -2.56. The Bertz CT molecular complexity index is 1490. The SMILES string of the molecule is C=CCCC(NC(=O)[C@@H]1[C@@H]2C(CN1C(=O)[C@@H](NC(=O)NC13CC4CC(CC(C4)C1)C3)C1CCCCC1)C2(C)C)C(=O)C(=O)NCC=CC(=O)NC(C)(C)C. The third-order valence-corrected chi connectivity index (χ3v) is 13.5. The van der Waals surface area contributed by atoms with E-state index in [1.807, 2.05) is 20.8 Å². The van der Waals surface area contributed by atoms with Crippen LogP contribution in [0.4, 0.5) is 4.79 Å². The van der Waals surface area contributed by atoms with Crippen LogP contribution in [-0.2, 0) is 24.0 Å². The molecule has 6 saturated carbocycles. The Kier molecular flexibility index (Phi) is 11.7. The molecule has 6 amide bonds. The van der Waals surface area contributed by atoms with Gasteiger partial charge in [0.05, 0.1) is 6.04 Å². The van der Waals surface area contributed by atoms with Gasteiger partial charge in [-0.05, 0) is 126 Å². The summed E-state index contributed by atoms with van der Waals surface area (Å²) in [6.07, 6.45) is 16.5. The van der Waals surface area contributed by atoms with Gasteiger partial charge in [0.1, 0.15) is 12.1 Å². The number of hydrogen-bond acceptors (Lipinski definition) is 6. The molecule has 6 aliphatic carbocycles. The maximum atomic E-state index is 14.7. The molecule has 0 spiro atoms. The lowest BCUT2D eigenvalue weighted by Crippen LogP contribution is -2.64. The van der Waals surface area contributed by atoms with Crippen molar-refractivity contribution in [2.75, 3.05) is 13.1 Å². The third-order valence-electron chi connectivity index (χ3n) is 13.5. The second-order valence-corrected chi connectivity index (χ2v) is 19.2. The zero-order chi connectivity index (χ0) is 39.0. The van der Waals surface area contributed by atoms with Crippen LogP contribution in [0.15, 0.2) is 24.8 Å². The number of hydrogen-bond donors (Lipinski definition) is 5. The highest BCUT2D eigenvalue weighted by atomic mass is 16.2. The summed E-state index contributed by atoms with van der Waals surface area (Å²) >= 11 is 0. The van der Waals surface area contributed by atoms with E-state index >= 15 is 0 Å². The van der Waals surface area contributed by atoms with Crippen LogP contribution in [0.2, 0.25) is 0 Å². The van der Waals surface area contributed by atoms with Crippen molar-refractivity contribution in [2.45, 2.75) is 147 Å². The number of amides is 6. The van der Waals surface area contributed by atoms with E-state index in [9.17, 15) is 28.8 Å². The molecule has 2 unspecified atom stereocenters. The van der Waals surface area contributed by atoms with Gasteiger partial charge in [-0.15, -0.1) is 6.58 Å². The number of fused-ring (bicyclic) bond motifs is 1. The summed E-state index contributed by atoms with van der Waals surface area (Å²) in [5.41, 5.74) is -0.786. The Labute approximate surface area is 321 Å². The van der Waals surface area contributed by atoms with Crippen molar-refractivity contribution >= 4 is 35.4 Å². The quantitative estimate of drug-likeness (QED) is 0.101. The molecule has 298 valence electrons. The molecule has 7 aliphatic rings. The van der Waals surface area contributed by atoms with Gasteiger partial charge in [0.15, 0.2) is 0 Å². The molecular formula is C42H64N6O6. The van der Waals surface area contributed by atoms with Crippen molar-refractivity contribution < 1.29 is 28.8 Å². The standard InChI is InChI=1S/C42H64N6O6/c1-7-8-15-30(35(50)37(52)43-17-12-16-31(49)46-40(2,3)4)44-36(51)34-32-29(41(32,5)6)24-48(34)38(53)33(28-13-10-9-11-14-28)45-39(54)47-42-21-25-18-26(22-42)20-27(19-25)23-42/h7,12,16,25-30,32-34H,1,8-11,13-15,17-24H2,2-6H3,(H,43,52)(H,44,51)(H,46,49)(H2,45,47,54)/t25?,26?,27?,29?,30?,32-,33-,34-,42?/m0/s1. The van der Waals surface area contributed by atoms with Gasteiger partial charge in [-0.2, -0.15) is 0 Å². The second kappa shape index (κ2) is 15.8. The normalized spacial score (nSPS) is 31.9. The lowest BCUT2D eigenvalue weighted by molar-refractivity contribution is -0.144. The van der Waals surface area contributed by atoms with E-state index < -0.39 is 41.3 Å². The minimum Gasteiger partial charge on any atom is -0.348 e. The summed E-state index contributed by atoms with van der Waals surface area (Å²) in [6.45, 7) is 13.9. The van der Waals surface area contributed by atoms with Crippen LogP contribution in [0.3, 0.4) is 0 Å². The summed E-state index contributed by atoms with van der Waals surface area (Å²) in [4.78, 5) is 83.1. The number of likely N-dealkylation sites (tertiary alicyclic amines) is 1. The van der Waals surface area contributed by atoms with E-state index in [4.69, 9.17) is 0 Å². The van der Waals surface area contributed by atoms with Crippen LogP contribution in [0.25, 0.3) is 0 Å². The maximum Gasteiger partial charge on any atom is 0.315 e. The molecule has 5 atom stereocenters. The Morgan fingerprint density at radius 3 is 2.13 bits per heavy atom. The lowest BCUT2D eigenvalue weighted by atomic mass is 9.53. The number of nitrogens with one attached hydrogen (secondary N) is 5. The molecule has 12 heteroatoms. The second-order valence-electron chi connectivity index (χ2n) is 19.2. The van der Waals surface area contributed by atoms with Gasteiger partial charge >= 0.3 is 6.03 Å². The average molecular weight is 749 g/mol. The Balaban J connectivity index is 1.14. The van der Waals surface area contributed by atoms with Gasteiger partial charge < -0.3 is 31.5 Å². The third kappa shape index (κ3) is 8.88. The van der Waals surface area contributed by atoms with Crippen LogP contribution < -0.4 is 26.6 Å². The molecule has 54 heavy (non-hydrogen) atoms. The largest absolute Gasteiger partial charge is 0.348 e. The monoisotopic (exact) mass is 748 g/mol. The molecule has 0 aromatic heterocycles. The van der Waals surface area contributed by atoms with Gasteiger partial charge in [0.25, 0.3) is 5.91 Å². The fourth-order valence-electron chi connectivity index (χ4n) is 11.3. The molecule has 7 fully saturated rings. The first kappa shape index (κ1) is 40.0. The molecular weight excluding hydrogens is 684 g/mol. The number of carbonyl (C=O) groups excluding carboxylic acids is 6. The molecule has 4 bridgehead atoms. The summed E-state index contributed by atoms with van der Waals surface area (Å²) in [5.74, 6) is -0.712. The van der Waals surface area contributed by atoms with E-state index in [2.05, 4.69) is 47.0 Å². The van der Waals surface area contributed by atoms with E-state index in [1.165, 1.54) is 31.4 Å². The first-order valence-corrected chi connectivity index (χ1v) is 20.6. The Hall–Kier alpha value is -3.70. The highest BCUT2D eigenvalue weighted by Gasteiger charge is 2.70. The summed E-state index contributed by atoms with van der Waals surface area (Å²) in [6, 6.07) is -2.99. The minimum atomic E-state index is -1.13. The van der Waals surface area contributed by atoms with Crippen molar-refractivity contribution in [3.05, 3.63) is 24.8 Å². The smallest absolute Gasteiger partial charge is 0.315 e. The van der Waals surface area contributed by atoms with Gasteiger partial charge in [-0.25, -0.2) is 4.79 Å². The topological polar surface area (TPSA) is 166 Å². The highest BCUT2D eigenvalue weighted by Crippen LogP contribution is 2.65. The van der Waals surface area contributed by atoms with Gasteiger partial charge in [-0.1, -0.05) is 45.3 Å². The van der Waals surface area contributed by atoms with Crippen molar-refractivity contribution in [3.63, 3.8) is 0 Å². The zero-order valence-electron chi connectivity index (χ0n) is 33.1. The number of rotatable bonds is 14. The van der Waals surface area contributed by atoms with Crippen LogP contribution in [0, 0.1) is 40.9 Å². The molecule has 1 heterocycles. The Morgan fingerprint density at radius 1 is 0.907 bits per heavy atom. The van der Waals surface area contributed by atoms with Crippen molar-refractivity contribution in [3.8, 4) is 0 Å². The number of urea groups is 1. The van der Waals surface area contributed by atoms with E-state index in [1.54, 1.807) is 11.0 Å². The van der Waals surface area contributed by atoms with Crippen LogP contribution in [0.1, 0.15) is 118 Å². The Morgan fingerprint density at radius 2 is 1.54 bits per heavy atom. The first-order chi connectivity index (χ1) is 25.5. The van der Waals surface area contributed by atoms with Crippen LogP contribution in [-0.4, -0.2) is 82.6 Å². The molecule has 0 aromatic rings. The first-order valence-electron chi connectivity index (χ1n) is 20.6. The number of allylic oxidation sites excluding steroid dienone is 1. The minimum absolute atomic E-state index is 0.0267. The summed E-state index contributed by atoms with van der Waals surface area (Å²) in [7, 11) is 0. The molecule has 0 radical (unpaired) electrons. The van der Waals surface area contributed by atoms with E-state index in [-0.39, 0.29) is 59.5 Å². The fourth-order valence-corrected chi connectivity index (χ4v) is 11.3. The van der Waals surface area contributed by atoms with Gasteiger partial charge in [0.2, 0.25) is 23.5 Å². The number of nitrogens with zero attached hydrogens (tertiary/aromatic N) is 1. The predicted molar refractivity (Wildman–Crippen MR) is 206 cm³/mol. The van der Waals surface area contributed by atoms with Crippen molar-refractivity contribution in [2.24, 2.45) is 40.9 Å². The van der Waals surface area contributed by atoms with Crippen molar-refractivity contribution in [1.29, 1.82) is 0 Å². The number of Topliss-reactive ketones (excluding diaryl/α,β-unsaturated/α-hetero) is 1.